The van der Waals surface area contributed by atoms with Gasteiger partial charge in [-0.15, -0.1) is 0 Å². The molecule has 0 aromatic rings. The monoisotopic (exact) mass is 1100 g/mol. The largest absolute Gasteiger partial charge is 0.466 e. The standard InChI is InChI=1S/C72H139NO5/c1-3-5-7-9-11-13-15-17-19-21-29-34-38-42-46-50-54-58-62-66-72(77)78-67-63-59-55-51-47-43-39-35-31-28-26-24-22-23-25-27-30-33-37-41-45-49-53-57-61-65-71(76)73-69(68-74)70(75)64-60-56-52-48-44-40-36-32-20-18-16-14-12-10-8-6-4-2/h23-26,69-70,74-75H,3-22,27-68H2,1-2H3,(H,73,76)/b25-23-,26-24-. The van der Waals surface area contributed by atoms with Gasteiger partial charge in [0.05, 0.1) is 25.4 Å². The van der Waals surface area contributed by atoms with E-state index in [2.05, 4.69) is 43.5 Å². The van der Waals surface area contributed by atoms with E-state index >= 15 is 0 Å². The molecular formula is C72H139NO5. The average Bonchev–Trinajstić information content (AvgIpc) is 3.44. The third kappa shape index (κ3) is 63.5. The summed E-state index contributed by atoms with van der Waals surface area (Å²) in [6, 6.07) is -0.546. The first-order valence-electron chi connectivity index (χ1n) is 35.6. The summed E-state index contributed by atoms with van der Waals surface area (Å²) in [7, 11) is 0. The van der Waals surface area contributed by atoms with Gasteiger partial charge in [0.25, 0.3) is 0 Å². The smallest absolute Gasteiger partial charge is 0.305 e. The van der Waals surface area contributed by atoms with Crippen molar-refractivity contribution in [1.29, 1.82) is 0 Å². The Bertz CT molecular complexity index is 1220. The number of hydrogen-bond acceptors (Lipinski definition) is 5. The van der Waals surface area contributed by atoms with E-state index in [1.807, 2.05) is 0 Å². The molecule has 78 heavy (non-hydrogen) atoms. The Balaban J connectivity index is 3.40. The Kier molecular flexibility index (Phi) is 66.4. The van der Waals surface area contributed by atoms with E-state index < -0.39 is 12.1 Å². The summed E-state index contributed by atoms with van der Waals surface area (Å²) >= 11 is 0. The van der Waals surface area contributed by atoms with Crippen molar-refractivity contribution in [3.63, 3.8) is 0 Å². The maximum Gasteiger partial charge on any atom is 0.305 e. The van der Waals surface area contributed by atoms with Crippen LogP contribution in [0.15, 0.2) is 24.3 Å². The van der Waals surface area contributed by atoms with Crippen molar-refractivity contribution in [2.45, 2.75) is 411 Å². The highest BCUT2D eigenvalue weighted by Crippen LogP contribution is 2.19. The van der Waals surface area contributed by atoms with Crippen molar-refractivity contribution >= 4 is 11.9 Å². The van der Waals surface area contributed by atoms with Crippen LogP contribution in [0.5, 0.6) is 0 Å². The minimum atomic E-state index is -0.669. The second-order valence-electron chi connectivity index (χ2n) is 24.6. The van der Waals surface area contributed by atoms with Crippen molar-refractivity contribution < 1.29 is 24.5 Å². The molecule has 0 saturated heterocycles. The number of ether oxygens (including phenoxy) is 1. The van der Waals surface area contributed by atoms with Crippen molar-refractivity contribution in [2.75, 3.05) is 13.2 Å². The number of carbonyl (C=O) groups excluding carboxylic acids is 2. The van der Waals surface area contributed by atoms with Gasteiger partial charge < -0.3 is 20.3 Å². The normalized spacial score (nSPS) is 12.6. The van der Waals surface area contributed by atoms with Crippen molar-refractivity contribution in [1.82, 2.24) is 5.32 Å². The van der Waals surface area contributed by atoms with Gasteiger partial charge in [-0.05, 0) is 57.8 Å². The molecule has 0 radical (unpaired) electrons. The van der Waals surface area contributed by atoms with Crippen LogP contribution in [0, 0.1) is 0 Å². The molecule has 2 atom stereocenters. The molecule has 0 bridgehead atoms. The zero-order valence-electron chi connectivity index (χ0n) is 52.9. The summed E-state index contributed by atoms with van der Waals surface area (Å²) in [5, 5.41) is 23.4. The van der Waals surface area contributed by atoms with Crippen LogP contribution in [0.25, 0.3) is 0 Å². The van der Waals surface area contributed by atoms with E-state index in [0.717, 1.165) is 44.9 Å². The third-order valence-corrected chi connectivity index (χ3v) is 16.8. The minimum absolute atomic E-state index is 0.0147. The molecule has 0 aliphatic carbocycles. The zero-order valence-corrected chi connectivity index (χ0v) is 52.9. The summed E-state index contributed by atoms with van der Waals surface area (Å²) < 4.78 is 5.51. The van der Waals surface area contributed by atoms with E-state index in [1.165, 1.54) is 321 Å². The fraction of sp³-hybridized carbons (Fsp3) is 0.917. The van der Waals surface area contributed by atoms with Gasteiger partial charge in [-0.1, -0.05) is 353 Å². The number of allylic oxidation sites excluding steroid dienone is 4. The molecule has 2 unspecified atom stereocenters. The number of carbonyl (C=O) groups is 2. The topological polar surface area (TPSA) is 95.9 Å². The molecule has 0 heterocycles. The lowest BCUT2D eigenvalue weighted by Crippen LogP contribution is -2.45. The Hall–Kier alpha value is -1.66. The highest BCUT2D eigenvalue weighted by Gasteiger charge is 2.20. The van der Waals surface area contributed by atoms with Gasteiger partial charge in [-0.3, -0.25) is 9.59 Å². The van der Waals surface area contributed by atoms with Gasteiger partial charge in [-0.2, -0.15) is 0 Å². The maximum atomic E-state index is 12.5. The van der Waals surface area contributed by atoms with E-state index in [4.69, 9.17) is 4.74 Å². The van der Waals surface area contributed by atoms with Gasteiger partial charge in [0.2, 0.25) is 5.91 Å². The number of amides is 1. The third-order valence-electron chi connectivity index (χ3n) is 16.8. The van der Waals surface area contributed by atoms with E-state index in [0.29, 0.717) is 25.9 Å². The molecule has 0 aromatic carbocycles. The second kappa shape index (κ2) is 67.8. The Labute approximate surface area is 488 Å². The van der Waals surface area contributed by atoms with E-state index in [9.17, 15) is 19.8 Å². The van der Waals surface area contributed by atoms with Crippen molar-refractivity contribution in [3.8, 4) is 0 Å². The molecular weight excluding hydrogens is 959 g/mol. The maximum absolute atomic E-state index is 12.5. The molecule has 0 spiro atoms. The highest BCUT2D eigenvalue weighted by molar-refractivity contribution is 5.76. The first kappa shape index (κ1) is 76.3. The van der Waals surface area contributed by atoms with Gasteiger partial charge in [0.1, 0.15) is 0 Å². The Morgan fingerprint density at radius 3 is 0.974 bits per heavy atom. The lowest BCUT2D eigenvalue weighted by atomic mass is 10.0. The van der Waals surface area contributed by atoms with E-state index in [-0.39, 0.29) is 18.5 Å². The molecule has 462 valence electrons. The predicted molar refractivity (Wildman–Crippen MR) is 343 cm³/mol. The molecule has 0 rings (SSSR count). The summed E-state index contributed by atoms with van der Waals surface area (Å²) in [6.07, 6.45) is 85.1. The molecule has 0 fully saturated rings. The average molecular weight is 1100 g/mol. The first-order chi connectivity index (χ1) is 38.5. The number of rotatable bonds is 67. The minimum Gasteiger partial charge on any atom is -0.466 e. The van der Waals surface area contributed by atoms with Crippen LogP contribution in [-0.2, 0) is 14.3 Å². The van der Waals surface area contributed by atoms with Crippen LogP contribution in [0.4, 0.5) is 0 Å². The summed E-state index contributed by atoms with van der Waals surface area (Å²) in [5.41, 5.74) is 0. The van der Waals surface area contributed by atoms with Gasteiger partial charge in [-0.25, -0.2) is 0 Å². The highest BCUT2D eigenvalue weighted by atomic mass is 16.5. The summed E-state index contributed by atoms with van der Waals surface area (Å²) in [5.74, 6) is -0.0231. The number of esters is 1. The van der Waals surface area contributed by atoms with Gasteiger partial charge in [0.15, 0.2) is 0 Å². The lowest BCUT2D eigenvalue weighted by molar-refractivity contribution is -0.143. The van der Waals surface area contributed by atoms with E-state index in [1.54, 1.807) is 0 Å². The number of nitrogens with one attached hydrogen (secondary N) is 1. The molecule has 3 N–H and O–H groups in total. The summed E-state index contributed by atoms with van der Waals surface area (Å²) in [6.45, 7) is 4.99. The molecule has 0 aromatic heterocycles. The first-order valence-corrected chi connectivity index (χ1v) is 35.6. The molecule has 1 amide bonds. The van der Waals surface area contributed by atoms with Crippen LogP contribution in [0.2, 0.25) is 0 Å². The molecule has 6 nitrogen and oxygen atoms in total. The van der Waals surface area contributed by atoms with Gasteiger partial charge in [0, 0.05) is 12.8 Å². The number of aliphatic hydroxyl groups is 2. The second-order valence-corrected chi connectivity index (χ2v) is 24.6. The number of unbranched alkanes of at least 4 members (excludes halogenated alkanes) is 52. The SMILES string of the molecule is CCCCCCCCCCCCCCCCCCCCCC(=O)OCCCCCCCCCCC/C=C\C/C=C\CCCCCCCCCCCC(=O)NC(CO)C(O)CCCCCCCCCCCCCCCCCCC. The van der Waals surface area contributed by atoms with Crippen LogP contribution < -0.4 is 5.32 Å². The molecule has 0 saturated carbocycles. The number of hydrogen-bond donors (Lipinski definition) is 3. The van der Waals surface area contributed by atoms with Crippen LogP contribution >= 0.6 is 0 Å². The quantitative estimate of drug-likeness (QED) is 0.0320. The van der Waals surface area contributed by atoms with Crippen LogP contribution in [0.1, 0.15) is 399 Å². The zero-order chi connectivity index (χ0) is 56.4. The Morgan fingerprint density at radius 2 is 0.641 bits per heavy atom. The molecule has 0 aliphatic rings. The fourth-order valence-corrected chi connectivity index (χ4v) is 11.3. The summed E-state index contributed by atoms with van der Waals surface area (Å²) in [4.78, 5) is 24.6. The van der Waals surface area contributed by atoms with Crippen LogP contribution in [-0.4, -0.2) is 47.4 Å². The Morgan fingerprint density at radius 1 is 0.359 bits per heavy atom. The predicted octanol–water partition coefficient (Wildman–Crippen LogP) is 22.9. The molecule has 0 aliphatic heterocycles. The fourth-order valence-electron chi connectivity index (χ4n) is 11.3. The van der Waals surface area contributed by atoms with Crippen molar-refractivity contribution in [3.05, 3.63) is 24.3 Å². The van der Waals surface area contributed by atoms with Crippen molar-refractivity contribution in [2.24, 2.45) is 0 Å². The number of aliphatic hydroxyl groups excluding tert-OH is 2. The van der Waals surface area contributed by atoms with Crippen LogP contribution in [0.3, 0.4) is 0 Å². The van der Waals surface area contributed by atoms with Gasteiger partial charge >= 0.3 is 5.97 Å². The molecule has 6 heteroatoms. The lowest BCUT2D eigenvalue weighted by Gasteiger charge is -2.22.